The molecule has 2 heterocycles. The van der Waals surface area contributed by atoms with Crippen LogP contribution < -0.4 is 5.43 Å². The molecular formula is C16H18ClN5O2S. The quantitative estimate of drug-likeness (QED) is 0.637. The van der Waals surface area contributed by atoms with Gasteiger partial charge in [0.05, 0.1) is 10.6 Å². The predicted octanol–water partition coefficient (Wildman–Crippen LogP) is 2.75. The lowest BCUT2D eigenvalue weighted by Gasteiger charge is -2.15. The Morgan fingerprint density at radius 1 is 1.12 bits per heavy atom. The molecular weight excluding hydrogens is 362 g/mol. The van der Waals surface area contributed by atoms with Crippen LogP contribution in [0, 0.1) is 0 Å². The fraction of sp³-hybridized carbons (Fsp3) is 0.312. The Kier molecular flexibility index (Phi) is 5.31. The van der Waals surface area contributed by atoms with E-state index in [0.29, 0.717) is 34.7 Å². The molecule has 132 valence electrons. The Morgan fingerprint density at radius 2 is 1.80 bits per heavy atom. The second kappa shape index (κ2) is 7.47. The number of halogens is 1. The number of hydrazone groups is 1. The Balaban J connectivity index is 1.72. The van der Waals surface area contributed by atoms with Gasteiger partial charge >= 0.3 is 0 Å². The van der Waals surface area contributed by atoms with Gasteiger partial charge in [0, 0.05) is 13.1 Å². The van der Waals surface area contributed by atoms with Crippen molar-refractivity contribution in [2.75, 3.05) is 18.5 Å². The van der Waals surface area contributed by atoms with Crippen molar-refractivity contribution in [3.63, 3.8) is 0 Å². The molecule has 1 saturated heterocycles. The molecule has 3 rings (SSSR count). The summed E-state index contributed by atoms with van der Waals surface area (Å²) in [6.45, 7) is 3.01. The first-order valence-electron chi connectivity index (χ1n) is 7.87. The van der Waals surface area contributed by atoms with Crippen LogP contribution in [0.1, 0.15) is 25.3 Å². The standard InChI is InChI=1S/C16H18ClN5O2S/c1-12(18-20-16-9-8-15(17)19-21-16)13-4-6-14(7-5-13)25(23,24)22-10-2-3-11-22/h4-9H,2-3,10-11H2,1H3,(H,20,21)/b18-12+. The molecule has 1 aromatic carbocycles. The van der Waals surface area contributed by atoms with Crippen molar-refractivity contribution in [3.8, 4) is 0 Å². The number of anilines is 1. The van der Waals surface area contributed by atoms with E-state index in [-0.39, 0.29) is 0 Å². The van der Waals surface area contributed by atoms with Crippen LogP contribution in [-0.4, -0.2) is 41.7 Å². The van der Waals surface area contributed by atoms with Gasteiger partial charge in [0.1, 0.15) is 0 Å². The van der Waals surface area contributed by atoms with Crippen LogP contribution in [0.15, 0.2) is 46.4 Å². The zero-order chi connectivity index (χ0) is 17.9. The van der Waals surface area contributed by atoms with E-state index in [1.165, 1.54) is 4.31 Å². The smallest absolute Gasteiger partial charge is 0.243 e. The minimum Gasteiger partial charge on any atom is -0.260 e. The molecule has 0 unspecified atom stereocenters. The monoisotopic (exact) mass is 379 g/mol. The summed E-state index contributed by atoms with van der Waals surface area (Å²) in [5.41, 5.74) is 4.30. The fourth-order valence-corrected chi connectivity index (χ4v) is 4.14. The summed E-state index contributed by atoms with van der Waals surface area (Å²) >= 11 is 5.68. The first-order chi connectivity index (χ1) is 12.0. The van der Waals surface area contributed by atoms with E-state index < -0.39 is 10.0 Å². The van der Waals surface area contributed by atoms with Crippen molar-refractivity contribution in [2.24, 2.45) is 5.10 Å². The van der Waals surface area contributed by atoms with Crippen LogP contribution in [0.4, 0.5) is 5.82 Å². The molecule has 1 aromatic heterocycles. The molecule has 0 bridgehead atoms. The second-order valence-corrected chi connectivity index (χ2v) is 8.01. The Morgan fingerprint density at radius 3 is 2.40 bits per heavy atom. The summed E-state index contributed by atoms with van der Waals surface area (Å²) in [5.74, 6) is 0.469. The van der Waals surface area contributed by atoms with Gasteiger partial charge in [-0.15, -0.1) is 10.2 Å². The van der Waals surface area contributed by atoms with E-state index in [2.05, 4.69) is 20.7 Å². The van der Waals surface area contributed by atoms with E-state index in [9.17, 15) is 8.42 Å². The van der Waals surface area contributed by atoms with Crippen LogP contribution in [0.5, 0.6) is 0 Å². The van der Waals surface area contributed by atoms with Gasteiger partial charge < -0.3 is 0 Å². The van der Waals surface area contributed by atoms with Crippen LogP contribution in [0.3, 0.4) is 0 Å². The molecule has 0 radical (unpaired) electrons. The van der Waals surface area contributed by atoms with Crippen molar-refractivity contribution >= 4 is 33.2 Å². The Hall–Kier alpha value is -2.03. The number of sulfonamides is 1. The number of benzene rings is 1. The average Bonchev–Trinajstić information content (AvgIpc) is 3.16. The van der Waals surface area contributed by atoms with E-state index in [4.69, 9.17) is 11.6 Å². The lowest BCUT2D eigenvalue weighted by molar-refractivity contribution is 0.477. The van der Waals surface area contributed by atoms with E-state index in [1.807, 2.05) is 6.92 Å². The molecule has 1 aliphatic heterocycles. The van der Waals surface area contributed by atoms with Gasteiger partial charge in [-0.25, -0.2) is 8.42 Å². The summed E-state index contributed by atoms with van der Waals surface area (Å²) in [6, 6.07) is 10.00. The molecule has 7 nitrogen and oxygen atoms in total. The van der Waals surface area contributed by atoms with Crippen molar-refractivity contribution in [3.05, 3.63) is 47.1 Å². The maximum absolute atomic E-state index is 12.5. The molecule has 9 heteroatoms. The fourth-order valence-electron chi connectivity index (χ4n) is 2.53. The van der Waals surface area contributed by atoms with Crippen LogP contribution in [-0.2, 0) is 10.0 Å². The molecule has 0 aliphatic carbocycles. The highest BCUT2D eigenvalue weighted by Crippen LogP contribution is 2.21. The number of hydrogen-bond acceptors (Lipinski definition) is 6. The van der Waals surface area contributed by atoms with Gasteiger partial charge in [-0.1, -0.05) is 23.7 Å². The molecule has 0 spiro atoms. The van der Waals surface area contributed by atoms with E-state index >= 15 is 0 Å². The summed E-state index contributed by atoms with van der Waals surface area (Å²) in [5, 5.41) is 12.1. The molecule has 0 saturated carbocycles. The van der Waals surface area contributed by atoms with E-state index in [1.54, 1.807) is 36.4 Å². The third-order valence-corrected chi connectivity index (χ3v) is 6.06. The average molecular weight is 380 g/mol. The van der Waals surface area contributed by atoms with Crippen LogP contribution in [0.25, 0.3) is 0 Å². The van der Waals surface area contributed by atoms with Gasteiger partial charge in [0.15, 0.2) is 11.0 Å². The number of nitrogens with zero attached hydrogens (tertiary/aromatic N) is 4. The minimum absolute atomic E-state index is 0.307. The second-order valence-electron chi connectivity index (χ2n) is 5.69. The predicted molar refractivity (Wildman–Crippen MR) is 97.3 cm³/mol. The summed E-state index contributed by atoms with van der Waals surface area (Å²) in [7, 11) is -3.39. The van der Waals surface area contributed by atoms with Crippen LogP contribution in [0.2, 0.25) is 5.15 Å². The molecule has 2 aromatic rings. The highest BCUT2D eigenvalue weighted by atomic mass is 35.5. The van der Waals surface area contributed by atoms with Crippen molar-refractivity contribution < 1.29 is 8.42 Å². The van der Waals surface area contributed by atoms with E-state index in [0.717, 1.165) is 18.4 Å². The SMILES string of the molecule is C/C(=N\Nc1ccc(Cl)nn1)c1ccc(S(=O)(=O)N2CCCC2)cc1. The number of nitrogens with one attached hydrogen (secondary N) is 1. The van der Waals surface area contributed by atoms with Crippen molar-refractivity contribution in [1.82, 2.24) is 14.5 Å². The number of hydrogen-bond donors (Lipinski definition) is 1. The molecule has 1 N–H and O–H groups in total. The molecule has 0 amide bonds. The third-order valence-electron chi connectivity index (χ3n) is 3.95. The zero-order valence-corrected chi connectivity index (χ0v) is 15.3. The van der Waals surface area contributed by atoms with Crippen molar-refractivity contribution in [1.29, 1.82) is 0 Å². The van der Waals surface area contributed by atoms with Crippen LogP contribution >= 0.6 is 11.6 Å². The van der Waals surface area contributed by atoms with Crippen molar-refractivity contribution in [2.45, 2.75) is 24.7 Å². The lowest BCUT2D eigenvalue weighted by atomic mass is 10.1. The highest BCUT2D eigenvalue weighted by Gasteiger charge is 2.26. The number of aromatic nitrogens is 2. The zero-order valence-electron chi connectivity index (χ0n) is 13.7. The normalized spacial score (nSPS) is 16.2. The van der Waals surface area contributed by atoms with Gasteiger partial charge in [0.25, 0.3) is 0 Å². The molecule has 25 heavy (non-hydrogen) atoms. The van der Waals surface area contributed by atoms with Gasteiger partial charge in [-0.2, -0.15) is 9.41 Å². The molecule has 0 atom stereocenters. The van der Waals surface area contributed by atoms with Gasteiger partial charge in [0.2, 0.25) is 10.0 Å². The lowest BCUT2D eigenvalue weighted by Crippen LogP contribution is -2.27. The minimum atomic E-state index is -3.39. The summed E-state index contributed by atoms with van der Waals surface area (Å²) in [6.07, 6.45) is 1.84. The first kappa shape index (κ1) is 17.8. The topological polar surface area (TPSA) is 87.5 Å². The maximum Gasteiger partial charge on any atom is 0.243 e. The molecule has 1 aliphatic rings. The van der Waals surface area contributed by atoms with Gasteiger partial charge in [-0.05, 0) is 49.6 Å². The third kappa shape index (κ3) is 4.15. The largest absolute Gasteiger partial charge is 0.260 e. The Labute approximate surface area is 151 Å². The molecule has 1 fully saturated rings. The van der Waals surface area contributed by atoms with Gasteiger partial charge in [-0.3, -0.25) is 5.43 Å². The summed E-state index contributed by atoms with van der Waals surface area (Å²) < 4.78 is 26.6. The maximum atomic E-state index is 12.5. The Bertz CT molecular complexity index is 860. The highest BCUT2D eigenvalue weighted by molar-refractivity contribution is 7.89. The number of rotatable bonds is 5. The summed E-state index contributed by atoms with van der Waals surface area (Å²) in [4.78, 5) is 0.308. The first-order valence-corrected chi connectivity index (χ1v) is 9.69.